The van der Waals surface area contributed by atoms with Crippen molar-refractivity contribution in [3.05, 3.63) is 70.9 Å². The highest BCUT2D eigenvalue weighted by Crippen LogP contribution is 2.67. The van der Waals surface area contributed by atoms with E-state index in [-0.39, 0.29) is 18.0 Å². The maximum Gasteiger partial charge on any atom is 0.344 e. The van der Waals surface area contributed by atoms with Crippen LogP contribution in [0, 0.1) is 11.3 Å². The molecule has 2 saturated heterocycles. The number of ether oxygens (including phenoxy) is 4. The predicted molar refractivity (Wildman–Crippen MR) is 213 cm³/mol. The quantitative estimate of drug-likeness (QED) is 0.181. The third-order valence-electron chi connectivity index (χ3n) is 15.8. The van der Waals surface area contributed by atoms with E-state index in [0.717, 1.165) is 35.1 Å². The fraction of sp³-hybridized carbons (Fsp3) is 0.578. The predicted octanol–water partition coefficient (Wildman–Crippen LogP) is 3.95. The molecule has 1 saturated carbocycles. The topological polar surface area (TPSA) is 152 Å². The summed E-state index contributed by atoms with van der Waals surface area (Å²) in [6, 6.07) is 11.0. The third kappa shape index (κ3) is 4.38. The molecular weight excluding hydrogens is 741 g/mol. The van der Waals surface area contributed by atoms with Gasteiger partial charge in [0.1, 0.15) is 5.75 Å². The fourth-order valence-corrected chi connectivity index (χ4v) is 13.8. The second-order valence-electron chi connectivity index (χ2n) is 18.0. The minimum atomic E-state index is -2.30. The maximum absolute atomic E-state index is 15.3. The number of nitrogens with zero attached hydrogens (tertiary/aromatic N) is 3. The van der Waals surface area contributed by atoms with Crippen LogP contribution in [0.4, 0.5) is 5.69 Å². The van der Waals surface area contributed by atoms with Crippen molar-refractivity contribution >= 4 is 34.5 Å². The van der Waals surface area contributed by atoms with Gasteiger partial charge in [0.15, 0.2) is 11.6 Å². The third-order valence-corrected chi connectivity index (χ3v) is 15.8. The zero-order chi connectivity index (χ0) is 40.7. The molecule has 10 rings (SSSR count). The molecule has 3 N–H and O–H groups in total. The molecule has 7 aliphatic rings. The van der Waals surface area contributed by atoms with Gasteiger partial charge in [-0.3, -0.25) is 14.6 Å². The number of methoxy groups -OCH3 is 3. The zero-order valence-corrected chi connectivity index (χ0v) is 34.2. The summed E-state index contributed by atoms with van der Waals surface area (Å²) in [5.41, 5.74) is -1.16. The van der Waals surface area contributed by atoms with Crippen LogP contribution < -0.4 is 10.1 Å². The van der Waals surface area contributed by atoms with Gasteiger partial charge in [-0.15, -0.1) is 0 Å². The molecule has 1 spiro atoms. The zero-order valence-electron chi connectivity index (χ0n) is 34.2. The van der Waals surface area contributed by atoms with Gasteiger partial charge in [-0.05, 0) is 74.2 Å². The lowest BCUT2D eigenvalue weighted by Crippen LogP contribution is -2.80. The Hall–Kier alpha value is -4.43. The average molecular weight is 795 g/mol. The molecule has 1 aliphatic carbocycles. The molecule has 13 nitrogen and oxygen atoms in total. The van der Waals surface area contributed by atoms with Crippen molar-refractivity contribution in [3.63, 3.8) is 0 Å². The number of piperidine rings is 1. The van der Waals surface area contributed by atoms with E-state index < -0.39 is 57.6 Å². The van der Waals surface area contributed by atoms with Gasteiger partial charge in [-0.25, -0.2) is 9.59 Å². The molecule has 1 aromatic heterocycles. The van der Waals surface area contributed by atoms with Crippen molar-refractivity contribution in [2.45, 2.75) is 106 Å². The van der Waals surface area contributed by atoms with Crippen molar-refractivity contribution in [1.29, 1.82) is 0 Å². The summed E-state index contributed by atoms with van der Waals surface area (Å²) in [4.78, 5) is 47.2. The van der Waals surface area contributed by atoms with Gasteiger partial charge < -0.3 is 39.0 Å². The largest absolute Gasteiger partial charge is 0.496 e. The number of hydrogen-bond donors (Lipinski definition) is 3. The molecule has 308 valence electrons. The Labute approximate surface area is 338 Å². The summed E-state index contributed by atoms with van der Waals surface area (Å²) < 4.78 is 26.0. The second-order valence-corrected chi connectivity index (χ2v) is 18.0. The van der Waals surface area contributed by atoms with Crippen LogP contribution in [0.2, 0.25) is 0 Å². The SMILES string of the molecule is CC[C@]1(O)C[C@@H]2C[C@](C(=O)OC)(c3cc4c(cc3OC)N[C@H]3[C@@](O)(C(=O)OC)[C@H](OC(C)=O)[C@]5(CC)C=CCN6CC[C@]43[C@@H]65)n3c4c(c5ccccc53)CCN(C1)[C@H]42. The van der Waals surface area contributed by atoms with E-state index in [2.05, 4.69) is 37.9 Å². The number of rotatable bonds is 7. The van der Waals surface area contributed by atoms with Crippen molar-refractivity contribution in [1.82, 2.24) is 14.4 Å². The number of aromatic nitrogens is 1. The molecule has 2 aromatic carbocycles. The minimum absolute atomic E-state index is 0.0000199. The number of nitrogens with one attached hydrogen (secondary N) is 1. The lowest BCUT2D eigenvalue weighted by atomic mass is 9.48. The van der Waals surface area contributed by atoms with Gasteiger partial charge in [-0.2, -0.15) is 0 Å². The van der Waals surface area contributed by atoms with Gasteiger partial charge >= 0.3 is 17.9 Å². The molecule has 3 fully saturated rings. The first-order valence-electron chi connectivity index (χ1n) is 20.9. The normalized spacial score (nSPS) is 37.9. The van der Waals surface area contributed by atoms with Gasteiger partial charge in [0.2, 0.25) is 5.60 Å². The average Bonchev–Trinajstić information content (AvgIpc) is 3.91. The molecule has 58 heavy (non-hydrogen) atoms. The first-order chi connectivity index (χ1) is 27.8. The van der Waals surface area contributed by atoms with Crippen LogP contribution in [0.15, 0.2) is 48.6 Å². The Bertz CT molecular complexity index is 2310. The molecule has 3 aromatic rings. The Morgan fingerprint density at radius 2 is 1.72 bits per heavy atom. The Balaban J connectivity index is 1.28. The summed E-state index contributed by atoms with van der Waals surface area (Å²) in [6.07, 6.45) is 6.10. The summed E-state index contributed by atoms with van der Waals surface area (Å²) in [5.74, 6) is -1.58. The minimum Gasteiger partial charge on any atom is -0.496 e. The first kappa shape index (κ1) is 37.8. The second kappa shape index (κ2) is 12.5. The number of para-hydroxylation sites is 1. The molecule has 0 unspecified atom stereocenters. The summed E-state index contributed by atoms with van der Waals surface area (Å²) in [7, 11) is 4.27. The summed E-state index contributed by atoms with van der Waals surface area (Å²) in [6.45, 7) is 8.03. The number of aliphatic hydroxyl groups is 2. The molecule has 13 heteroatoms. The highest BCUT2D eigenvalue weighted by atomic mass is 16.6. The molecule has 6 aliphatic heterocycles. The summed E-state index contributed by atoms with van der Waals surface area (Å²) in [5, 5.41) is 29.9. The fourth-order valence-electron chi connectivity index (χ4n) is 13.8. The Morgan fingerprint density at radius 3 is 2.43 bits per heavy atom. The standard InChI is InChI=1S/C45H54N4O9/c1-7-41(53)22-26-23-44(39(51)56-5,49-32-13-10-9-12-27(32)28-14-18-48(24-41)34(26)35(28)49)30-20-29-31(21-33(30)55-4)46-36-43(29)16-19-47-17-11-15-42(8-2,37(43)47)38(58-25(3)50)45(36,54)40(52)57-6/h9-13,15,20-21,26,34,36-38,46,53-54H,7-8,14,16-19,22-24H2,1-6H3/t26-,34+,36-,37+,38-,41+,42-,43+,44-,45+/m1/s1. The van der Waals surface area contributed by atoms with E-state index in [1.807, 2.05) is 44.2 Å². The Morgan fingerprint density at radius 1 is 0.948 bits per heavy atom. The van der Waals surface area contributed by atoms with Crippen LogP contribution in [0.5, 0.6) is 5.75 Å². The molecule has 0 radical (unpaired) electrons. The van der Waals surface area contributed by atoms with E-state index in [4.69, 9.17) is 18.9 Å². The molecule has 10 atom stereocenters. The number of fused-ring (bicyclic) bond motifs is 4. The number of esters is 3. The van der Waals surface area contributed by atoms with Crippen molar-refractivity contribution in [3.8, 4) is 5.75 Å². The molecule has 0 bridgehead atoms. The van der Waals surface area contributed by atoms with E-state index >= 15 is 4.79 Å². The summed E-state index contributed by atoms with van der Waals surface area (Å²) >= 11 is 0. The number of anilines is 1. The smallest absolute Gasteiger partial charge is 0.344 e. The van der Waals surface area contributed by atoms with E-state index in [0.29, 0.717) is 68.7 Å². The number of carbonyl (C=O) groups is 3. The van der Waals surface area contributed by atoms with Crippen LogP contribution >= 0.6 is 0 Å². The van der Waals surface area contributed by atoms with Gasteiger partial charge in [0.25, 0.3) is 0 Å². The van der Waals surface area contributed by atoms with Crippen LogP contribution in [-0.2, 0) is 46.0 Å². The molecule has 7 heterocycles. The number of hydrogen-bond acceptors (Lipinski definition) is 12. The Kier molecular flexibility index (Phi) is 8.18. The lowest BCUT2D eigenvalue weighted by Gasteiger charge is -2.62. The van der Waals surface area contributed by atoms with Crippen molar-refractivity contribution in [2.75, 3.05) is 52.8 Å². The maximum atomic E-state index is 15.3. The monoisotopic (exact) mass is 794 g/mol. The van der Waals surface area contributed by atoms with E-state index in [1.54, 1.807) is 7.11 Å². The molecular formula is C45H54N4O9. The van der Waals surface area contributed by atoms with Crippen molar-refractivity contribution < 1.29 is 43.5 Å². The van der Waals surface area contributed by atoms with Gasteiger partial charge in [0.05, 0.1) is 39.0 Å². The van der Waals surface area contributed by atoms with Gasteiger partial charge in [0, 0.05) is 77.3 Å². The number of carbonyl (C=O) groups excluding carboxylic acids is 3. The van der Waals surface area contributed by atoms with Crippen LogP contribution in [0.1, 0.15) is 81.3 Å². The highest BCUT2D eigenvalue weighted by molar-refractivity contribution is 5.94. The van der Waals surface area contributed by atoms with E-state index in [9.17, 15) is 19.8 Å². The highest BCUT2D eigenvalue weighted by Gasteiger charge is 2.79. The van der Waals surface area contributed by atoms with Crippen LogP contribution in [-0.4, -0.2) is 119 Å². The lowest BCUT2D eigenvalue weighted by molar-refractivity contribution is -0.226. The molecule has 0 amide bonds. The van der Waals surface area contributed by atoms with Crippen LogP contribution in [0.3, 0.4) is 0 Å². The number of benzene rings is 2. The first-order valence-corrected chi connectivity index (χ1v) is 20.9. The van der Waals surface area contributed by atoms with Gasteiger partial charge in [-0.1, -0.05) is 44.2 Å². The van der Waals surface area contributed by atoms with E-state index in [1.165, 1.54) is 26.7 Å². The van der Waals surface area contributed by atoms with Crippen molar-refractivity contribution in [2.24, 2.45) is 11.3 Å². The van der Waals surface area contributed by atoms with Crippen LogP contribution in [0.25, 0.3) is 10.9 Å².